The Morgan fingerprint density at radius 1 is 1.07 bits per heavy atom. The molecule has 3 rings (SSSR count). The molecule has 0 bridgehead atoms. The second-order valence-electron chi connectivity index (χ2n) is 7.35. The summed E-state index contributed by atoms with van der Waals surface area (Å²) in [6.07, 6.45) is 3.46. The fourth-order valence-electron chi connectivity index (χ4n) is 3.27. The van der Waals surface area contributed by atoms with E-state index < -0.39 is 5.41 Å². The van der Waals surface area contributed by atoms with E-state index in [1.165, 1.54) is 10.9 Å². The first-order valence-electron chi connectivity index (χ1n) is 9.31. The van der Waals surface area contributed by atoms with Crippen molar-refractivity contribution in [3.63, 3.8) is 0 Å². The predicted molar refractivity (Wildman–Crippen MR) is 109 cm³/mol. The smallest absolute Gasteiger partial charge is 0.314 e. The maximum Gasteiger partial charge on any atom is 0.314 e. The Kier molecular flexibility index (Phi) is 6.14. The number of benzene rings is 2. The second kappa shape index (κ2) is 8.73. The van der Waals surface area contributed by atoms with Crippen LogP contribution in [-0.4, -0.2) is 35.8 Å². The summed E-state index contributed by atoms with van der Waals surface area (Å²) in [6, 6.07) is 17.9. The minimum absolute atomic E-state index is 0.0114. The number of aliphatic hydroxyl groups excluding tert-OH is 1. The van der Waals surface area contributed by atoms with E-state index in [9.17, 15) is 9.90 Å². The van der Waals surface area contributed by atoms with Crippen LogP contribution in [0.25, 0.3) is 10.9 Å². The van der Waals surface area contributed by atoms with Crippen molar-refractivity contribution in [3.05, 3.63) is 71.9 Å². The van der Waals surface area contributed by atoms with Gasteiger partial charge in [0.15, 0.2) is 0 Å². The number of aromatic nitrogens is 1. The van der Waals surface area contributed by atoms with Crippen LogP contribution in [0.2, 0.25) is 0 Å². The number of aromatic amines is 1. The molecule has 5 nitrogen and oxygen atoms in total. The van der Waals surface area contributed by atoms with E-state index in [4.69, 9.17) is 0 Å². The third kappa shape index (κ3) is 5.11. The predicted octanol–water partition coefficient (Wildman–Crippen LogP) is 3.25. The molecule has 142 valence electrons. The van der Waals surface area contributed by atoms with E-state index >= 15 is 0 Å². The zero-order valence-corrected chi connectivity index (χ0v) is 15.7. The van der Waals surface area contributed by atoms with Crippen molar-refractivity contribution < 1.29 is 9.90 Å². The first-order chi connectivity index (χ1) is 13.1. The van der Waals surface area contributed by atoms with Gasteiger partial charge in [0.2, 0.25) is 0 Å². The lowest BCUT2D eigenvalue weighted by atomic mass is 9.84. The van der Waals surface area contributed by atoms with Crippen molar-refractivity contribution in [1.82, 2.24) is 15.6 Å². The van der Waals surface area contributed by atoms with Gasteiger partial charge in [-0.25, -0.2) is 4.79 Å². The molecular formula is C22H27N3O2. The third-order valence-electron chi connectivity index (χ3n) is 4.89. The molecule has 0 spiro atoms. The fraction of sp³-hybridized carbons (Fsp3) is 0.318. The summed E-state index contributed by atoms with van der Waals surface area (Å²) in [5, 5.41) is 16.8. The Morgan fingerprint density at radius 3 is 2.59 bits per heavy atom. The van der Waals surface area contributed by atoms with Gasteiger partial charge in [0.1, 0.15) is 0 Å². The van der Waals surface area contributed by atoms with E-state index in [0.29, 0.717) is 19.5 Å². The third-order valence-corrected chi connectivity index (χ3v) is 4.89. The van der Waals surface area contributed by atoms with E-state index in [1.807, 2.05) is 61.7 Å². The molecule has 0 radical (unpaired) electrons. The summed E-state index contributed by atoms with van der Waals surface area (Å²) in [4.78, 5) is 15.4. The number of urea groups is 1. The van der Waals surface area contributed by atoms with Gasteiger partial charge in [-0.2, -0.15) is 0 Å². The number of carbonyl (C=O) groups is 1. The van der Waals surface area contributed by atoms with Crippen molar-refractivity contribution in [2.24, 2.45) is 5.41 Å². The number of carbonyl (C=O) groups excluding carboxylic acids is 1. The Balaban J connectivity index is 1.46. The number of rotatable bonds is 8. The Labute approximate surface area is 159 Å². The highest BCUT2D eigenvalue weighted by Crippen LogP contribution is 2.21. The average Bonchev–Trinajstić information content (AvgIpc) is 3.10. The topological polar surface area (TPSA) is 77.2 Å². The van der Waals surface area contributed by atoms with Crippen LogP contribution in [0.3, 0.4) is 0 Å². The lowest BCUT2D eigenvalue weighted by molar-refractivity contribution is 0.140. The molecule has 1 heterocycles. The molecular weight excluding hydrogens is 338 g/mol. The van der Waals surface area contributed by atoms with Gasteiger partial charge in [-0.05, 0) is 30.0 Å². The number of para-hydroxylation sites is 1. The minimum atomic E-state index is -0.393. The molecule has 1 unspecified atom stereocenters. The first kappa shape index (κ1) is 19.0. The Hall–Kier alpha value is -2.79. The highest BCUT2D eigenvalue weighted by Gasteiger charge is 2.24. The van der Waals surface area contributed by atoms with Gasteiger partial charge < -0.3 is 20.7 Å². The molecule has 1 atom stereocenters. The van der Waals surface area contributed by atoms with Gasteiger partial charge in [0, 0.05) is 35.6 Å². The van der Waals surface area contributed by atoms with Crippen LogP contribution in [0.1, 0.15) is 18.1 Å². The number of nitrogens with one attached hydrogen (secondary N) is 3. The van der Waals surface area contributed by atoms with Crippen LogP contribution in [-0.2, 0) is 12.8 Å². The summed E-state index contributed by atoms with van der Waals surface area (Å²) in [5.41, 5.74) is 3.05. The highest BCUT2D eigenvalue weighted by molar-refractivity contribution is 5.83. The number of H-pyrrole nitrogens is 1. The number of aliphatic hydroxyl groups is 1. The zero-order valence-electron chi connectivity index (χ0n) is 15.7. The molecule has 0 saturated carbocycles. The number of amides is 2. The molecule has 0 aliphatic carbocycles. The number of fused-ring (bicyclic) bond motifs is 1. The lowest BCUT2D eigenvalue weighted by Crippen LogP contribution is -2.44. The monoisotopic (exact) mass is 365 g/mol. The van der Waals surface area contributed by atoms with E-state index in [2.05, 4.69) is 21.7 Å². The molecule has 0 aliphatic rings. The van der Waals surface area contributed by atoms with Crippen LogP contribution in [0.4, 0.5) is 4.79 Å². The molecule has 3 aromatic rings. The van der Waals surface area contributed by atoms with Crippen molar-refractivity contribution in [3.8, 4) is 0 Å². The molecule has 0 fully saturated rings. The van der Waals surface area contributed by atoms with Gasteiger partial charge >= 0.3 is 6.03 Å². The van der Waals surface area contributed by atoms with Crippen molar-refractivity contribution in [2.75, 3.05) is 19.7 Å². The fourth-order valence-corrected chi connectivity index (χ4v) is 3.27. The van der Waals surface area contributed by atoms with Crippen LogP contribution < -0.4 is 10.6 Å². The largest absolute Gasteiger partial charge is 0.396 e. The zero-order chi connectivity index (χ0) is 19.1. The molecule has 27 heavy (non-hydrogen) atoms. The van der Waals surface area contributed by atoms with Crippen molar-refractivity contribution >= 4 is 16.9 Å². The van der Waals surface area contributed by atoms with E-state index in [-0.39, 0.29) is 12.6 Å². The Bertz CT molecular complexity index is 875. The normalized spacial score (nSPS) is 13.3. The molecule has 5 heteroatoms. The molecule has 4 N–H and O–H groups in total. The lowest BCUT2D eigenvalue weighted by Gasteiger charge is -2.27. The first-order valence-corrected chi connectivity index (χ1v) is 9.31. The maximum atomic E-state index is 12.1. The molecule has 2 amide bonds. The van der Waals surface area contributed by atoms with Crippen molar-refractivity contribution in [2.45, 2.75) is 19.8 Å². The Morgan fingerprint density at radius 2 is 1.81 bits per heavy atom. The molecule has 1 aromatic heterocycles. The standard InChI is InChI=1S/C22H27N3O2/c1-22(16-26,13-17-7-3-2-4-8-17)15-25-21(27)23-12-11-18-14-24-20-10-6-5-9-19(18)20/h2-10,14,24,26H,11-13,15-16H2,1H3,(H2,23,25,27). The quantitative estimate of drug-likeness (QED) is 0.494. The summed E-state index contributed by atoms with van der Waals surface area (Å²) >= 11 is 0. The van der Waals surface area contributed by atoms with Gasteiger partial charge in [0.25, 0.3) is 0 Å². The second-order valence-corrected chi connectivity index (χ2v) is 7.35. The van der Waals surface area contributed by atoms with Crippen molar-refractivity contribution in [1.29, 1.82) is 0 Å². The summed E-state index contributed by atoms with van der Waals surface area (Å²) in [6.45, 7) is 2.96. The van der Waals surface area contributed by atoms with Gasteiger partial charge in [0.05, 0.1) is 6.61 Å². The average molecular weight is 365 g/mol. The molecule has 2 aromatic carbocycles. The SMILES string of the molecule is CC(CO)(CNC(=O)NCCc1c[nH]c2ccccc12)Cc1ccccc1. The summed E-state index contributed by atoms with van der Waals surface area (Å²) < 4.78 is 0. The van der Waals surface area contributed by atoms with Crippen LogP contribution in [0.15, 0.2) is 60.8 Å². The number of hydrogen-bond acceptors (Lipinski definition) is 2. The molecule has 0 aliphatic heterocycles. The summed E-state index contributed by atoms with van der Waals surface area (Å²) in [7, 11) is 0. The van der Waals surface area contributed by atoms with Crippen LogP contribution in [0, 0.1) is 5.41 Å². The number of hydrogen-bond donors (Lipinski definition) is 4. The summed E-state index contributed by atoms with van der Waals surface area (Å²) in [5.74, 6) is 0. The van der Waals surface area contributed by atoms with Gasteiger partial charge in [-0.3, -0.25) is 0 Å². The highest BCUT2D eigenvalue weighted by atomic mass is 16.3. The molecule has 0 saturated heterocycles. The minimum Gasteiger partial charge on any atom is -0.396 e. The maximum absolute atomic E-state index is 12.1. The van der Waals surface area contributed by atoms with Crippen LogP contribution >= 0.6 is 0 Å². The van der Waals surface area contributed by atoms with Crippen LogP contribution in [0.5, 0.6) is 0 Å². The van der Waals surface area contributed by atoms with E-state index in [1.54, 1.807) is 0 Å². The van der Waals surface area contributed by atoms with E-state index in [0.717, 1.165) is 17.5 Å². The van der Waals surface area contributed by atoms with Gasteiger partial charge in [-0.15, -0.1) is 0 Å². The van der Waals surface area contributed by atoms with Gasteiger partial charge in [-0.1, -0.05) is 55.5 Å².